The molecule has 3 rings (SSSR count). The highest BCUT2D eigenvalue weighted by Crippen LogP contribution is 2.31. The van der Waals surface area contributed by atoms with E-state index in [4.69, 9.17) is 5.73 Å². The number of carbonyl (C=O) groups excluding carboxylic acids is 1. The normalized spacial score (nSPS) is 17.0. The number of amides is 1. The molecule has 1 atom stereocenters. The van der Waals surface area contributed by atoms with Gasteiger partial charge in [0.15, 0.2) is 5.43 Å². The third kappa shape index (κ3) is 2.67. The molecule has 1 unspecified atom stereocenters. The first-order valence-electron chi connectivity index (χ1n) is 7.01. The predicted octanol–water partition coefficient (Wildman–Crippen LogP) is 1.76. The van der Waals surface area contributed by atoms with Crippen molar-refractivity contribution in [2.24, 2.45) is 0 Å². The number of nitrogens with one attached hydrogen (secondary N) is 2. The van der Waals surface area contributed by atoms with Crippen LogP contribution in [-0.2, 0) is 6.42 Å². The lowest BCUT2D eigenvalue weighted by molar-refractivity contribution is 0.0931. The highest BCUT2D eigenvalue weighted by molar-refractivity contribution is 5.94. The van der Waals surface area contributed by atoms with Crippen molar-refractivity contribution >= 4 is 11.6 Å². The Hall–Kier alpha value is -2.56. The number of H-pyrrole nitrogens is 1. The van der Waals surface area contributed by atoms with Gasteiger partial charge in [-0.05, 0) is 42.5 Å². The molecule has 0 aliphatic heterocycles. The van der Waals surface area contributed by atoms with Crippen LogP contribution in [-0.4, -0.2) is 10.9 Å². The van der Waals surface area contributed by atoms with Crippen molar-refractivity contribution in [2.75, 3.05) is 5.73 Å². The van der Waals surface area contributed by atoms with E-state index in [1.165, 1.54) is 24.0 Å². The molecule has 5 heteroatoms. The summed E-state index contributed by atoms with van der Waals surface area (Å²) in [6.45, 7) is 0. The molecule has 0 spiro atoms. The summed E-state index contributed by atoms with van der Waals surface area (Å²) in [6.07, 6.45) is 5.78. The van der Waals surface area contributed by atoms with Crippen LogP contribution in [0.15, 0.2) is 41.5 Å². The van der Waals surface area contributed by atoms with E-state index in [1.807, 2.05) is 18.2 Å². The number of aromatic amines is 1. The van der Waals surface area contributed by atoms with Crippen LogP contribution < -0.4 is 16.5 Å². The second-order valence-corrected chi connectivity index (χ2v) is 5.30. The minimum atomic E-state index is -0.341. The van der Waals surface area contributed by atoms with Gasteiger partial charge in [-0.25, -0.2) is 0 Å². The summed E-state index contributed by atoms with van der Waals surface area (Å²) < 4.78 is 0. The van der Waals surface area contributed by atoms with E-state index >= 15 is 0 Å². The highest BCUT2D eigenvalue weighted by Gasteiger charge is 2.23. The molecule has 0 radical (unpaired) electrons. The van der Waals surface area contributed by atoms with Crippen molar-refractivity contribution in [2.45, 2.75) is 25.3 Å². The Bertz CT molecular complexity index is 736. The van der Waals surface area contributed by atoms with Crippen LogP contribution in [0.4, 0.5) is 5.69 Å². The van der Waals surface area contributed by atoms with Crippen LogP contribution >= 0.6 is 0 Å². The molecule has 2 aromatic rings. The van der Waals surface area contributed by atoms with Crippen LogP contribution in [0.2, 0.25) is 0 Å². The van der Waals surface area contributed by atoms with Crippen molar-refractivity contribution in [3.05, 3.63) is 63.6 Å². The third-order valence-electron chi connectivity index (χ3n) is 3.86. The predicted molar refractivity (Wildman–Crippen MR) is 81.1 cm³/mol. The lowest BCUT2D eigenvalue weighted by Gasteiger charge is -2.26. The smallest absolute Gasteiger partial charge is 0.257 e. The molecule has 4 N–H and O–H groups in total. The number of anilines is 1. The summed E-state index contributed by atoms with van der Waals surface area (Å²) in [5, 5.41) is 2.95. The number of hydrogen-bond acceptors (Lipinski definition) is 3. The molecule has 21 heavy (non-hydrogen) atoms. The van der Waals surface area contributed by atoms with Gasteiger partial charge >= 0.3 is 0 Å². The molecule has 1 heterocycles. The Kier molecular flexibility index (Phi) is 3.48. The second-order valence-electron chi connectivity index (χ2n) is 5.30. The van der Waals surface area contributed by atoms with Crippen molar-refractivity contribution in [3.63, 3.8) is 0 Å². The standard InChI is InChI=1S/C16H17N3O2/c17-11-4-5-12-10(8-11)2-1-3-14(12)19-16(21)13-9-18-7-6-15(13)20/h4-9,14H,1-3,17H2,(H,18,20)(H,19,21). The lowest BCUT2D eigenvalue weighted by Crippen LogP contribution is -2.33. The zero-order valence-electron chi connectivity index (χ0n) is 11.6. The van der Waals surface area contributed by atoms with Crippen molar-refractivity contribution in [1.82, 2.24) is 10.3 Å². The van der Waals surface area contributed by atoms with Gasteiger partial charge in [-0.3, -0.25) is 9.59 Å². The number of nitrogen functional groups attached to an aromatic ring is 1. The van der Waals surface area contributed by atoms with E-state index in [1.54, 1.807) is 0 Å². The number of fused-ring (bicyclic) bond motifs is 1. The van der Waals surface area contributed by atoms with E-state index in [-0.39, 0.29) is 22.9 Å². The molecule has 1 amide bonds. The first kappa shape index (κ1) is 13.4. The molecule has 0 bridgehead atoms. The van der Waals surface area contributed by atoms with E-state index in [9.17, 15) is 9.59 Å². The summed E-state index contributed by atoms with van der Waals surface area (Å²) in [7, 11) is 0. The van der Waals surface area contributed by atoms with Gasteiger partial charge in [0.05, 0.1) is 6.04 Å². The van der Waals surface area contributed by atoms with Crippen LogP contribution in [0.3, 0.4) is 0 Å². The summed E-state index contributed by atoms with van der Waals surface area (Å²) in [4.78, 5) is 26.7. The topological polar surface area (TPSA) is 88.0 Å². The van der Waals surface area contributed by atoms with Crippen LogP contribution in [0.25, 0.3) is 0 Å². The van der Waals surface area contributed by atoms with Crippen LogP contribution in [0.1, 0.15) is 40.4 Å². The van der Waals surface area contributed by atoms with E-state index in [0.29, 0.717) is 0 Å². The molecule has 108 valence electrons. The quantitative estimate of drug-likeness (QED) is 0.734. The van der Waals surface area contributed by atoms with E-state index in [2.05, 4.69) is 10.3 Å². The van der Waals surface area contributed by atoms with Crippen molar-refractivity contribution in [3.8, 4) is 0 Å². The average molecular weight is 283 g/mol. The van der Waals surface area contributed by atoms with Gasteiger partial charge in [0.1, 0.15) is 5.56 Å². The number of pyridine rings is 1. The lowest BCUT2D eigenvalue weighted by atomic mass is 9.87. The molecule has 0 fully saturated rings. The Morgan fingerprint density at radius 2 is 2.19 bits per heavy atom. The summed E-state index contributed by atoms with van der Waals surface area (Å²) >= 11 is 0. The zero-order valence-corrected chi connectivity index (χ0v) is 11.6. The first-order chi connectivity index (χ1) is 10.1. The Morgan fingerprint density at radius 1 is 1.33 bits per heavy atom. The molecular weight excluding hydrogens is 266 g/mol. The number of carbonyl (C=O) groups is 1. The van der Waals surface area contributed by atoms with Gasteiger partial charge in [0.2, 0.25) is 0 Å². The minimum absolute atomic E-state index is 0.0681. The fraction of sp³-hybridized carbons (Fsp3) is 0.250. The van der Waals surface area contributed by atoms with Crippen LogP contribution in [0, 0.1) is 0 Å². The zero-order chi connectivity index (χ0) is 14.8. The number of rotatable bonds is 2. The average Bonchev–Trinajstić information content (AvgIpc) is 2.47. The van der Waals surface area contributed by atoms with Gasteiger partial charge < -0.3 is 16.0 Å². The summed E-state index contributed by atoms with van der Waals surface area (Å²) in [5.74, 6) is -0.341. The molecule has 1 aromatic carbocycles. The number of nitrogens with two attached hydrogens (primary N) is 1. The van der Waals surface area contributed by atoms with Gasteiger partial charge in [-0.2, -0.15) is 0 Å². The van der Waals surface area contributed by atoms with Gasteiger partial charge in [-0.15, -0.1) is 0 Å². The molecule has 5 nitrogen and oxygen atoms in total. The highest BCUT2D eigenvalue weighted by atomic mass is 16.2. The maximum absolute atomic E-state index is 12.3. The number of aromatic nitrogens is 1. The van der Waals surface area contributed by atoms with E-state index in [0.717, 1.165) is 30.5 Å². The number of benzene rings is 1. The largest absolute Gasteiger partial charge is 0.399 e. The summed E-state index contributed by atoms with van der Waals surface area (Å²) in [5.41, 5.74) is 8.67. The minimum Gasteiger partial charge on any atom is -0.399 e. The Morgan fingerprint density at radius 3 is 3.00 bits per heavy atom. The molecule has 1 aliphatic carbocycles. The van der Waals surface area contributed by atoms with E-state index < -0.39 is 0 Å². The fourth-order valence-corrected chi connectivity index (χ4v) is 2.81. The molecule has 0 saturated heterocycles. The van der Waals surface area contributed by atoms with Crippen molar-refractivity contribution in [1.29, 1.82) is 0 Å². The SMILES string of the molecule is Nc1ccc2c(c1)CCCC2NC(=O)c1c[nH]ccc1=O. The third-order valence-corrected chi connectivity index (χ3v) is 3.86. The molecule has 1 aliphatic rings. The van der Waals surface area contributed by atoms with Gasteiger partial charge in [0.25, 0.3) is 5.91 Å². The Balaban J connectivity index is 1.86. The van der Waals surface area contributed by atoms with Gasteiger partial charge in [0, 0.05) is 24.1 Å². The van der Waals surface area contributed by atoms with Gasteiger partial charge in [-0.1, -0.05) is 6.07 Å². The first-order valence-corrected chi connectivity index (χ1v) is 7.01. The Labute approximate surface area is 122 Å². The summed E-state index contributed by atoms with van der Waals surface area (Å²) in [6, 6.07) is 7.05. The monoisotopic (exact) mass is 283 g/mol. The number of hydrogen-bond donors (Lipinski definition) is 3. The molecular formula is C16H17N3O2. The second kappa shape index (κ2) is 5.44. The molecule has 0 saturated carbocycles. The fourth-order valence-electron chi connectivity index (χ4n) is 2.81. The van der Waals surface area contributed by atoms with Crippen molar-refractivity contribution < 1.29 is 4.79 Å². The maximum atomic E-state index is 12.3. The molecule has 1 aromatic heterocycles. The number of aryl methyl sites for hydroxylation is 1. The maximum Gasteiger partial charge on any atom is 0.257 e. The van der Waals surface area contributed by atoms with Crippen LogP contribution in [0.5, 0.6) is 0 Å².